The molecule has 2 rings (SSSR count). The van der Waals surface area contributed by atoms with Crippen molar-refractivity contribution in [3.05, 3.63) is 58.9 Å². The van der Waals surface area contributed by atoms with E-state index in [1.165, 1.54) is 31.4 Å². The van der Waals surface area contributed by atoms with E-state index in [9.17, 15) is 17.6 Å². The monoisotopic (exact) mass is 352 g/mol. The van der Waals surface area contributed by atoms with E-state index >= 15 is 0 Å². The smallest absolute Gasteiger partial charge is 0.338 e. The number of rotatable bonds is 5. The fourth-order valence-electron chi connectivity index (χ4n) is 2.08. The molecule has 0 N–H and O–H groups in total. The van der Waals surface area contributed by atoms with Crippen molar-refractivity contribution in [1.82, 2.24) is 0 Å². The maximum absolute atomic E-state index is 13.6. The van der Waals surface area contributed by atoms with Crippen LogP contribution in [0.1, 0.15) is 21.5 Å². The minimum absolute atomic E-state index is 0.0375. The zero-order chi connectivity index (χ0) is 17.9. The lowest BCUT2D eigenvalue weighted by Crippen LogP contribution is -2.09. The first-order chi connectivity index (χ1) is 11.2. The lowest BCUT2D eigenvalue weighted by Gasteiger charge is -2.09. The van der Waals surface area contributed by atoms with Crippen LogP contribution < -0.4 is 4.74 Å². The van der Waals surface area contributed by atoms with Gasteiger partial charge in [0.15, 0.2) is 21.4 Å². The van der Waals surface area contributed by atoms with Crippen LogP contribution in [-0.2, 0) is 21.2 Å². The molecule has 0 saturated heterocycles. The molecule has 0 fully saturated rings. The van der Waals surface area contributed by atoms with E-state index in [0.29, 0.717) is 11.1 Å². The third-order valence-electron chi connectivity index (χ3n) is 3.44. The normalized spacial score (nSPS) is 11.2. The molecule has 0 unspecified atom stereocenters. The molecule has 0 spiro atoms. The molecule has 2 aromatic rings. The molecule has 0 saturated carbocycles. The number of aryl methyl sites for hydroxylation is 1. The number of esters is 1. The Hall–Kier alpha value is -2.41. The minimum Gasteiger partial charge on any atom is -0.494 e. The Labute approximate surface area is 139 Å². The van der Waals surface area contributed by atoms with Gasteiger partial charge in [-0.25, -0.2) is 17.6 Å². The van der Waals surface area contributed by atoms with Crippen LogP contribution in [0, 0.1) is 12.7 Å². The number of sulfone groups is 1. The molecule has 0 atom stereocenters. The average molecular weight is 352 g/mol. The Balaban J connectivity index is 2.17. The second-order valence-corrected chi connectivity index (χ2v) is 7.31. The Morgan fingerprint density at radius 2 is 1.88 bits per heavy atom. The molecular formula is C17H17FO5S. The summed E-state index contributed by atoms with van der Waals surface area (Å²) in [6.07, 6.45) is 1.06. The number of benzene rings is 2. The first kappa shape index (κ1) is 17.9. The number of hydrogen-bond acceptors (Lipinski definition) is 5. The van der Waals surface area contributed by atoms with E-state index < -0.39 is 21.6 Å². The van der Waals surface area contributed by atoms with Crippen LogP contribution in [0.4, 0.5) is 4.39 Å². The summed E-state index contributed by atoms with van der Waals surface area (Å²) < 4.78 is 46.8. The molecule has 0 heterocycles. The largest absolute Gasteiger partial charge is 0.494 e. The summed E-state index contributed by atoms with van der Waals surface area (Å²) in [4.78, 5) is 12.2. The second-order valence-electron chi connectivity index (χ2n) is 5.29. The summed E-state index contributed by atoms with van der Waals surface area (Å²) in [5, 5.41) is 0. The van der Waals surface area contributed by atoms with E-state index in [0.717, 1.165) is 6.26 Å². The number of carbonyl (C=O) groups excluding carboxylic acids is 1. The van der Waals surface area contributed by atoms with Crippen molar-refractivity contribution >= 4 is 15.8 Å². The third-order valence-corrected chi connectivity index (χ3v) is 4.55. The molecular weight excluding hydrogens is 335 g/mol. The summed E-state index contributed by atoms with van der Waals surface area (Å²) in [6.45, 7) is 1.54. The fourth-order valence-corrected chi connectivity index (χ4v) is 2.73. The van der Waals surface area contributed by atoms with Crippen molar-refractivity contribution in [2.75, 3.05) is 13.4 Å². The molecule has 128 valence electrons. The zero-order valence-electron chi connectivity index (χ0n) is 13.5. The molecule has 5 nitrogen and oxygen atoms in total. The van der Waals surface area contributed by atoms with Gasteiger partial charge >= 0.3 is 5.97 Å². The molecule has 0 bridgehead atoms. The molecule has 0 aliphatic carbocycles. The van der Waals surface area contributed by atoms with Gasteiger partial charge in [-0.15, -0.1) is 0 Å². The lowest BCUT2D eigenvalue weighted by molar-refractivity contribution is 0.0471. The van der Waals surface area contributed by atoms with Gasteiger partial charge in [-0.3, -0.25) is 0 Å². The topological polar surface area (TPSA) is 69.7 Å². The number of carbonyl (C=O) groups is 1. The highest BCUT2D eigenvalue weighted by Crippen LogP contribution is 2.20. The van der Waals surface area contributed by atoms with E-state index in [4.69, 9.17) is 9.47 Å². The van der Waals surface area contributed by atoms with Crippen LogP contribution in [0.3, 0.4) is 0 Å². The van der Waals surface area contributed by atoms with Gasteiger partial charge in [-0.05, 0) is 42.3 Å². The van der Waals surface area contributed by atoms with Crippen LogP contribution in [0.5, 0.6) is 5.75 Å². The summed E-state index contributed by atoms with van der Waals surface area (Å²) in [7, 11) is -2.07. The van der Waals surface area contributed by atoms with E-state index in [1.54, 1.807) is 19.1 Å². The second kappa shape index (κ2) is 7.00. The van der Waals surface area contributed by atoms with Gasteiger partial charge in [0.2, 0.25) is 0 Å². The molecule has 24 heavy (non-hydrogen) atoms. The summed E-state index contributed by atoms with van der Waals surface area (Å²) >= 11 is 0. The number of hydrogen-bond donors (Lipinski definition) is 0. The Morgan fingerprint density at radius 1 is 1.17 bits per heavy atom. The highest BCUT2D eigenvalue weighted by molar-refractivity contribution is 7.90. The van der Waals surface area contributed by atoms with Crippen LogP contribution >= 0.6 is 0 Å². The van der Waals surface area contributed by atoms with Gasteiger partial charge in [0, 0.05) is 6.26 Å². The molecule has 0 aliphatic heterocycles. The predicted octanol–water partition coefficient (Wildman–Crippen LogP) is 2.90. The SMILES string of the molecule is COc1ccc(COC(=O)c2cc(S(C)(=O)=O)ccc2C)cc1F. The summed E-state index contributed by atoms with van der Waals surface area (Å²) in [5.74, 6) is -1.13. The zero-order valence-corrected chi connectivity index (χ0v) is 14.3. The van der Waals surface area contributed by atoms with E-state index in [-0.39, 0.29) is 22.8 Å². The van der Waals surface area contributed by atoms with Crippen molar-refractivity contribution in [3.8, 4) is 5.75 Å². The third kappa shape index (κ3) is 4.11. The van der Waals surface area contributed by atoms with Gasteiger partial charge in [-0.2, -0.15) is 0 Å². The summed E-state index contributed by atoms with van der Waals surface area (Å²) in [6, 6.07) is 8.48. The van der Waals surface area contributed by atoms with Crippen molar-refractivity contribution in [3.63, 3.8) is 0 Å². The molecule has 7 heteroatoms. The number of halogens is 1. The van der Waals surface area contributed by atoms with Crippen molar-refractivity contribution in [2.24, 2.45) is 0 Å². The molecule has 0 aliphatic rings. The van der Waals surface area contributed by atoms with Crippen LogP contribution in [0.2, 0.25) is 0 Å². The molecule has 0 amide bonds. The van der Waals surface area contributed by atoms with Gasteiger partial charge in [0.1, 0.15) is 6.61 Å². The highest BCUT2D eigenvalue weighted by atomic mass is 32.2. The maximum Gasteiger partial charge on any atom is 0.338 e. The Morgan fingerprint density at radius 3 is 2.46 bits per heavy atom. The van der Waals surface area contributed by atoms with Crippen molar-refractivity contribution < 1.29 is 27.1 Å². The van der Waals surface area contributed by atoms with Gasteiger partial charge < -0.3 is 9.47 Å². The van der Waals surface area contributed by atoms with Crippen LogP contribution in [0.15, 0.2) is 41.3 Å². The molecule has 2 aromatic carbocycles. The fraction of sp³-hybridized carbons (Fsp3) is 0.235. The Kier molecular flexibility index (Phi) is 5.23. The quantitative estimate of drug-likeness (QED) is 0.774. The van der Waals surface area contributed by atoms with Crippen molar-refractivity contribution in [2.45, 2.75) is 18.4 Å². The summed E-state index contributed by atoms with van der Waals surface area (Å²) in [5.41, 5.74) is 1.21. The molecule has 0 radical (unpaired) electrons. The van der Waals surface area contributed by atoms with E-state index in [1.807, 2.05) is 0 Å². The van der Waals surface area contributed by atoms with Gasteiger partial charge in [0.05, 0.1) is 17.6 Å². The lowest BCUT2D eigenvalue weighted by atomic mass is 10.1. The Bertz CT molecular complexity index is 875. The average Bonchev–Trinajstić information content (AvgIpc) is 2.52. The predicted molar refractivity (Wildman–Crippen MR) is 86.4 cm³/mol. The maximum atomic E-state index is 13.6. The standard InChI is InChI=1S/C17H17FO5S/c1-11-4-6-13(24(3,20)21)9-14(11)17(19)23-10-12-5-7-16(22-2)15(18)8-12/h4-9H,10H2,1-3H3. The molecule has 0 aromatic heterocycles. The van der Waals surface area contributed by atoms with Crippen LogP contribution in [-0.4, -0.2) is 27.8 Å². The van der Waals surface area contributed by atoms with Gasteiger partial charge in [-0.1, -0.05) is 12.1 Å². The first-order valence-corrected chi connectivity index (χ1v) is 8.92. The number of methoxy groups -OCH3 is 1. The van der Waals surface area contributed by atoms with Crippen molar-refractivity contribution in [1.29, 1.82) is 0 Å². The number of ether oxygens (including phenoxy) is 2. The van der Waals surface area contributed by atoms with E-state index in [2.05, 4.69) is 0 Å². The van der Waals surface area contributed by atoms with Crippen LogP contribution in [0.25, 0.3) is 0 Å². The van der Waals surface area contributed by atoms with Gasteiger partial charge in [0.25, 0.3) is 0 Å². The highest BCUT2D eigenvalue weighted by Gasteiger charge is 2.16. The first-order valence-electron chi connectivity index (χ1n) is 7.02. The minimum atomic E-state index is -3.43.